The van der Waals surface area contributed by atoms with Crippen LogP contribution in [0.3, 0.4) is 0 Å². The van der Waals surface area contributed by atoms with Gasteiger partial charge in [0.25, 0.3) is 5.91 Å². The fraction of sp³-hybridized carbons (Fsp3) is 0.562. The van der Waals surface area contributed by atoms with E-state index in [9.17, 15) is 4.79 Å². The third kappa shape index (κ3) is 4.35. The summed E-state index contributed by atoms with van der Waals surface area (Å²) in [6, 6.07) is 5.90. The zero-order valence-corrected chi connectivity index (χ0v) is 13.4. The first kappa shape index (κ1) is 16.1. The lowest BCUT2D eigenvalue weighted by atomic mass is 10.1. The van der Waals surface area contributed by atoms with Crippen LogP contribution < -0.4 is 10.1 Å². The predicted octanol–water partition coefficient (Wildman–Crippen LogP) is 3.01. The van der Waals surface area contributed by atoms with E-state index in [-0.39, 0.29) is 18.6 Å². The number of nitrogens with zero attached hydrogens (tertiary/aromatic N) is 1. The van der Waals surface area contributed by atoms with E-state index in [2.05, 4.69) is 12.2 Å². The summed E-state index contributed by atoms with van der Waals surface area (Å²) in [5.74, 6) is 0.604. The molecule has 0 radical (unpaired) electrons. The highest BCUT2D eigenvalue weighted by atomic mass is 35.5. The average molecular weight is 311 g/mol. The van der Waals surface area contributed by atoms with E-state index in [0.29, 0.717) is 10.8 Å². The molecule has 1 aromatic carbocycles. The van der Waals surface area contributed by atoms with Crippen molar-refractivity contribution in [2.24, 2.45) is 0 Å². The molecule has 1 atom stereocenters. The molecule has 1 N–H and O–H groups in total. The molecule has 1 amide bonds. The van der Waals surface area contributed by atoms with Gasteiger partial charge < -0.3 is 15.0 Å². The Morgan fingerprint density at radius 2 is 2.10 bits per heavy atom. The number of ether oxygens (including phenoxy) is 1. The highest BCUT2D eigenvalue weighted by molar-refractivity contribution is 6.32. The summed E-state index contributed by atoms with van der Waals surface area (Å²) in [6.07, 6.45) is 3.38. The fourth-order valence-electron chi connectivity index (χ4n) is 2.44. The predicted molar refractivity (Wildman–Crippen MR) is 84.9 cm³/mol. The molecule has 1 aliphatic heterocycles. The molecule has 0 spiro atoms. The van der Waals surface area contributed by atoms with E-state index in [4.69, 9.17) is 16.3 Å². The maximum atomic E-state index is 12.1. The van der Waals surface area contributed by atoms with Crippen molar-refractivity contribution in [3.63, 3.8) is 0 Å². The summed E-state index contributed by atoms with van der Waals surface area (Å²) in [5, 5.41) is 3.70. The number of carbonyl (C=O) groups excluding carboxylic acids is 1. The molecule has 0 saturated carbocycles. The number of carbonyl (C=O) groups is 1. The largest absolute Gasteiger partial charge is 0.482 e. The summed E-state index contributed by atoms with van der Waals surface area (Å²) in [6.45, 7) is 3.80. The summed E-state index contributed by atoms with van der Waals surface area (Å²) in [7, 11) is 1.90. The SMILES string of the molecule is CNC(C)c1ccc(OCC(=O)N2CCCCC2)c(Cl)c1. The van der Waals surface area contributed by atoms with Crippen molar-refractivity contribution in [2.75, 3.05) is 26.7 Å². The van der Waals surface area contributed by atoms with Gasteiger partial charge in [-0.2, -0.15) is 0 Å². The number of hydrogen-bond acceptors (Lipinski definition) is 3. The molecule has 4 nitrogen and oxygen atoms in total. The van der Waals surface area contributed by atoms with Gasteiger partial charge >= 0.3 is 0 Å². The van der Waals surface area contributed by atoms with Crippen molar-refractivity contribution in [3.8, 4) is 5.75 Å². The quantitative estimate of drug-likeness (QED) is 0.909. The van der Waals surface area contributed by atoms with Crippen molar-refractivity contribution in [2.45, 2.75) is 32.2 Å². The third-order valence-electron chi connectivity index (χ3n) is 3.95. The topological polar surface area (TPSA) is 41.6 Å². The van der Waals surface area contributed by atoms with Gasteiger partial charge in [0.15, 0.2) is 6.61 Å². The molecule has 1 saturated heterocycles. The van der Waals surface area contributed by atoms with Gasteiger partial charge in [-0.05, 0) is 50.9 Å². The molecule has 1 aromatic rings. The first-order valence-corrected chi connectivity index (χ1v) is 7.87. The van der Waals surface area contributed by atoms with Gasteiger partial charge in [-0.15, -0.1) is 0 Å². The van der Waals surface area contributed by atoms with Crippen LogP contribution in [0.1, 0.15) is 37.8 Å². The second-order valence-corrected chi connectivity index (χ2v) is 5.84. The van der Waals surface area contributed by atoms with Gasteiger partial charge in [-0.3, -0.25) is 4.79 Å². The summed E-state index contributed by atoms with van der Waals surface area (Å²) < 4.78 is 5.58. The number of hydrogen-bond donors (Lipinski definition) is 1. The highest BCUT2D eigenvalue weighted by Gasteiger charge is 2.17. The van der Waals surface area contributed by atoms with Gasteiger partial charge in [-0.1, -0.05) is 17.7 Å². The van der Waals surface area contributed by atoms with Crippen molar-refractivity contribution in [3.05, 3.63) is 28.8 Å². The number of piperidine rings is 1. The fourth-order valence-corrected chi connectivity index (χ4v) is 2.69. The molecule has 1 unspecified atom stereocenters. The molecular formula is C16H23ClN2O2. The van der Waals surface area contributed by atoms with E-state index in [1.165, 1.54) is 6.42 Å². The molecule has 2 rings (SSSR count). The molecule has 5 heteroatoms. The second-order valence-electron chi connectivity index (χ2n) is 5.43. The number of likely N-dealkylation sites (tertiary alicyclic amines) is 1. The number of benzene rings is 1. The molecule has 116 valence electrons. The molecular weight excluding hydrogens is 288 g/mol. The maximum Gasteiger partial charge on any atom is 0.260 e. The first-order chi connectivity index (χ1) is 10.1. The van der Waals surface area contributed by atoms with Gasteiger partial charge in [-0.25, -0.2) is 0 Å². The Morgan fingerprint density at radius 1 is 1.38 bits per heavy atom. The van der Waals surface area contributed by atoms with Crippen LogP contribution in [0.5, 0.6) is 5.75 Å². The Bertz CT molecular complexity index is 487. The van der Waals surface area contributed by atoms with Crippen molar-refractivity contribution < 1.29 is 9.53 Å². The number of rotatable bonds is 5. The zero-order chi connectivity index (χ0) is 15.2. The van der Waals surface area contributed by atoms with Crippen LogP contribution in [0, 0.1) is 0 Å². The number of halogens is 1. The van der Waals surface area contributed by atoms with Gasteiger partial charge in [0.05, 0.1) is 5.02 Å². The lowest BCUT2D eigenvalue weighted by Crippen LogP contribution is -2.38. The summed E-state index contributed by atoms with van der Waals surface area (Å²) >= 11 is 6.22. The molecule has 21 heavy (non-hydrogen) atoms. The van der Waals surface area contributed by atoms with E-state index < -0.39 is 0 Å². The molecule has 0 aromatic heterocycles. The smallest absolute Gasteiger partial charge is 0.260 e. The minimum Gasteiger partial charge on any atom is -0.482 e. The Labute approximate surface area is 131 Å². The minimum atomic E-state index is 0.0402. The highest BCUT2D eigenvalue weighted by Crippen LogP contribution is 2.28. The van der Waals surface area contributed by atoms with Crippen LogP contribution >= 0.6 is 11.6 Å². The van der Waals surface area contributed by atoms with E-state index >= 15 is 0 Å². The Balaban J connectivity index is 1.92. The van der Waals surface area contributed by atoms with Gasteiger partial charge in [0.2, 0.25) is 0 Å². The second kappa shape index (κ2) is 7.66. The summed E-state index contributed by atoms with van der Waals surface area (Å²) in [4.78, 5) is 13.9. The zero-order valence-electron chi connectivity index (χ0n) is 12.7. The van der Waals surface area contributed by atoms with E-state index in [1.807, 2.05) is 30.1 Å². The molecule has 1 fully saturated rings. The number of amides is 1. The standard InChI is InChI=1S/C16H23ClN2O2/c1-12(18-2)13-6-7-15(14(17)10-13)21-11-16(20)19-8-4-3-5-9-19/h6-7,10,12,18H,3-5,8-9,11H2,1-2H3. The molecule has 1 heterocycles. The van der Waals surface area contributed by atoms with Crippen LogP contribution in [-0.2, 0) is 4.79 Å². The van der Waals surface area contributed by atoms with Crippen molar-refractivity contribution >= 4 is 17.5 Å². The molecule has 0 bridgehead atoms. The minimum absolute atomic E-state index is 0.0402. The van der Waals surface area contributed by atoms with E-state index in [0.717, 1.165) is 31.5 Å². The van der Waals surface area contributed by atoms with Crippen LogP contribution in [0.2, 0.25) is 5.02 Å². The van der Waals surface area contributed by atoms with Gasteiger partial charge in [0.1, 0.15) is 5.75 Å². The van der Waals surface area contributed by atoms with E-state index in [1.54, 1.807) is 0 Å². The molecule has 1 aliphatic rings. The maximum absolute atomic E-state index is 12.1. The third-order valence-corrected chi connectivity index (χ3v) is 4.24. The Kier molecular flexibility index (Phi) is 5.88. The first-order valence-electron chi connectivity index (χ1n) is 7.49. The van der Waals surface area contributed by atoms with Crippen LogP contribution in [0.15, 0.2) is 18.2 Å². The average Bonchev–Trinajstić information content (AvgIpc) is 2.53. The monoisotopic (exact) mass is 310 g/mol. The van der Waals surface area contributed by atoms with Crippen molar-refractivity contribution in [1.82, 2.24) is 10.2 Å². The van der Waals surface area contributed by atoms with Gasteiger partial charge in [0, 0.05) is 19.1 Å². The van der Waals surface area contributed by atoms with Crippen LogP contribution in [0.4, 0.5) is 0 Å². The Hall–Kier alpha value is -1.26. The van der Waals surface area contributed by atoms with Crippen molar-refractivity contribution in [1.29, 1.82) is 0 Å². The lowest BCUT2D eigenvalue weighted by Gasteiger charge is -2.26. The Morgan fingerprint density at radius 3 is 2.71 bits per heavy atom. The lowest BCUT2D eigenvalue weighted by molar-refractivity contribution is -0.134. The number of nitrogens with one attached hydrogen (secondary N) is 1. The van der Waals surface area contributed by atoms with Crippen LogP contribution in [-0.4, -0.2) is 37.6 Å². The summed E-state index contributed by atoms with van der Waals surface area (Å²) in [5.41, 5.74) is 1.09. The normalized spacial score (nSPS) is 16.6. The molecule has 0 aliphatic carbocycles. The van der Waals surface area contributed by atoms with Crippen LogP contribution in [0.25, 0.3) is 0 Å².